The number of H-pyrrole nitrogens is 1. The van der Waals surface area contributed by atoms with E-state index in [9.17, 15) is 4.79 Å². The van der Waals surface area contributed by atoms with Crippen LogP contribution < -0.4 is 5.56 Å². The van der Waals surface area contributed by atoms with Crippen LogP contribution in [0.1, 0.15) is 32.1 Å². The highest BCUT2D eigenvalue weighted by atomic mass is 79.9. The van der Waals surface area contributed by atoms with Crippen LogP contribution in [0.2, 0.25) is 0 Å². The standard InChI is InChI=1S/C12H17BrN2OS/c13-8-12(5-2-1-3-6-12)9-17-11-14-7-4-10(16)15-11/h4,7H,1-3,5-6,8-9H2,(H,14,15,16). The number of nitrogens with one attached hydrogen (secondary N) is 1. The van der Waals surface area contributed by atoms with Crippen LogP contribution in [0.3, 0.4) is 0 Å². The van der Waals surface area contributed by atoms with Crippen molar-refractivity contribution in [3.8, 4) is 0 Å². The number of hydrogen-bond donors (Lipinski definition) is 1. The zero-order chi connectivity index (χ0) is 12.1. The lowest BCUT2D eigenvalue weighted by Crippen LogP contribution is -2.28. The predicted octanol–water partition coefficient (Wildman–Crippen LogP) is 3.21. The van der Waals surface area contributed by atoms with Gasteiger partial charge in [0.15, 0.2) is 5.16 Å². The molecule has 1 N–H and O–H groups in total. The van der Waals surface area contributed by atoms with Gasteiger partial charge < -0.3 is 4.98 Å². The molecule has 0 bridgehead atoms. The van der Waals surface area contributed by atoms with Gasteiger partial charge in [-0.1, -0.05) is 47.0 Å². The van der Waals surface area contributed by atoms with Crippen LogP contribution in [0.25, 0.3) is 0 Å². The van der Waals surface area contributed by atoms with E-state index in [0.29, 0.717) is 5.41 Å². The summed E-state index contributed by atoms with van der Waals surface area (Å²) in [6, 6.07) is 1.45. The second kappa shape index (κ2) is 6.05. The van der Waals surface area contributed by atoms with Crippen molar-refractivity contribution in [1.82, 2.24) is 9.97 Å². The minimum atomic E-state index is -0.0703. The molecule has 1 heterocycles. The normalized spacial score (nSPS) is 19.1. The number of hydrogen-bond acceptors (Lipinski definition) is 3. The van der Waals surface area contributed by atoms with E-state index >= 15 is 0 Å². The maximum absolute atomic E-state index is 11.2. The Bertz CT molecular complexity index is 415. The van der Waals surface area contributed by atoms with Gasteiger partial charge in [0.2, 0.25) is 0 Å². The summed E-state index contributed by atoms with van der Waals surface area (Å²) >= 11 is 5.32. The molecule has 0 aliphatic heterocycles. The van der Waals surface area contributed by atoms with Crippen molar-refractivity contribution in [3.05, 3.63) is 22.6 Å². The molecule has 0 radical (unpaired) electrons. The molecular formula is C12H17BrN2OS. The van der Waals surface area contributed by atoms with Gasteiger partial charge in [-0.25, -0.2) is 4.98 Å². The van der Waals surface area contributed by atoms with Crippen LogP contribution in [0.5, 0.6) is 0 Å². The van der Waals surface area contributed by atoms with Gasteiger partial charge in [0.05, 0.1) is 0 Å². The minimum Gasteiger partial charge on any atom is -0.301 e. The van der Waals surface area contributed by atoms with Crippen molar-refractivity contribution >= 4 is 27.7 Å². The van der Waals surface area contributed by atoms with Gasteiger partial charge in [-0.15, -0.1) is 0 Å². The molecule has 1 aliphatic carbocycles. The first-order valence-electron chi connectivity index (χ1n) is 5.98. The number of thioether (sulfide) groups is 1. The summed E-state index contributed by atoms with van der Waals surface area (Å²) in [5.41, 5.74) is 0.316. The first kappa shape index (κ1) is 13.1. The molecule has 1 aromatic heterocycles. The van der Waals surface area contributed by atoms with Crippen molar-refractivity contribution in [3.63, 3.8) is 0 Å². The quantitative estimate of drug-likeness (QED) is 0.527. The summed E-state index contributed by atoms with van der Waals surface area (Å²) in [7, 11) is 0. The second-order valence-corrected chi connectivity index (χ2v) is 6.25. The smallest absolute Gasteiger partial charge is 0.251 e. The number of aromatic amines is 1. The predicted molar refractivity (Wildman–Crippen MR) is 74.9 cm³/mol. The lowest BCUT2D eigenvalue weighted by atomic mass is 9.77. The fraction of sp³-hybridized carbons (Fsp3) is 0.667. The number of halogens is 1. The molecule has 5 heteroatoms. The van der Waals surface area contributed by atoms with Crippen LogP contribution in [0, 0.1) is 5.41 Å². The van der Waals surface area contributed by atoms with Crippen LogP contribution in [-0.4, -0.2) is 21.1 Å². The lowest BCUT2D eigenvalue weighted by molar-refractivity contribution is 0.260. The highest BCUT2D eigenvalue weighted by molar-refractivity contribution is 9.09. The molecule has 2 rings (SSSR count). The summed E-state index contributed by atoms with van der Waals surface area (Å²) in [6.45, 7) is 0. The Labute approximate surface area is 114 Å². The Kier molecular flexibility index (Phi) is 4.68. The fourth-order valence-corrected chi connectivity index (χ4v) is 4.43. The van der Waals surface area contributed by atoms with Gasteiger partial charge in [0.1, 0.15) is 0 Å². The summed E-state index contributed by atoms with van der Waals surface area (Å²) in [5, 5.41) is 1.78. The summed E-state index contributed by atoms with van der Waals surface area (Å²) in [6.07, 6.45) is 8.14. The highest BCUT2D eigenvalue weighted by Gasteiger charge is 2.31. The van der Waals surface area contributed by atoms with Crippen LogP contribution in [-0.2, 0) is 0 Å². The molecule has 0 spiro atoms. The summed E-state index contributed by atoms with van der Waals surface area (Å²) in [4.78, 5) is 18.1. The molecule has 0 unspecified atom stereocenters. The minimum absolute atomic E-state index is 0.0703. The molecule has 3 nitrogen and oxygen atoms in total. The van der Waals surface area contributed by atoms with Gasteiger partial charge in [-0.3, -0.25) is 4.79 Å². The maximum Gasteiger partial charge on any atom is 0.251 e. The van der Waals surface area contributed by atoms with Gasteiger partial charge in [0, 0.05) is 23.3 Å². The first-order valence-corrected chi connectivity index (χ1v) is 8.09. The zero-order valence-electron chi connectivity index (χ0n) is 9.75. The molecule has 0 atom stereocenters. The van der Waals surface area contributed by atoms with E-state index in [1.165, 1.54) is 38.2 Å². The SMILES string of the molecule is O=c1ccnc(SCC2(CBr)CCCCC2)[nH]1. The van der Waals surface area contributed by atoms with E-state index in [-0.39, 0.29) is 5.56 Å². The van der Waals surface area contributed by atoms with E-state index in [1.807, 2.05) is 0 Å². The molecular weight excluding hydrogens is 300 g/mol. The van der Waals surface area contributed by atoms with E-state index in [2.05, 4.69) is 25.9 Å². The molecule has 1 saturated carbocycles. The van der Waals surface area contributed by atoms with Crippen molar-refractivity contribution < 1.29 is 0 Å². The first-order chi connectivity index (χ1) is 8.24. The molecule has 1 fully saturated rings. The third-order valence-electron chi connectivity index (χ3n) is 3.36. The number of aromatic nitrogens is 2. The average Bonchev–Trinajstić information content (AvgIpc) is 2.38. The summed E-state index contributed by atoms with van der Waals surface area (Å²) in [5.74, 6) is 1.03. The van der Waals surface area contributed by atoms with Crippen molar-refractivity contribution in [2.24, 2.45) is 5.41 Å². The largest absolute Gasteiger partial charge is 0.301 e. The van der Waals surface area contributed by atoms with Gasteiger partial charge in [-0.2, -0.15) is 0 Å². The summed E-state index contributed by atoms with van der Waals surface area (Å²) < 4.78 is 0. The Morgan fingerprint density at radius 3 is 2.82 bits per heavy atom. The Hall–Kier alpha value is -0.290. The van der Waals surface area contributed by atoms with E-state index in [0.717, 1.165) is 16.2 Å². The Morgan fingerprint density at radius 2 is 2.18 bits per heavy atom. The van der Waals surface area contributed by atoms with Gasteiger partial charge >= 0.3 is 0 Å². The topological polar surface area (TPSA) is 45.8 Å². The molecule has 17 heavy (non-hydrogen) atoms. The third-order valence-corrected chi connectivity index (χ3v) is 5.79. The molecule has 0 saturated heterocycles. The number of rotatable bonds is 4. The second-order valence-electron chi connectivity index (χ2n) is 4.72. The monoisotopic (exact) mass is 316 g/mol. The van der Waals surface area contributed by atoms with Crippen molar-refractivity contribution in [2.75, 3.05) is 11.1 Å². The van der Waals surface area contributed by atoms with E-state index < -0.39 is 0 Å². The molecule has 1 aliphatic rings. The van der Waals surface area contributed by atoms with E-state index in [1.54, 1.807) is 18.0 Å². The third kappa shape index (κ3) is 3.58. The lowest BCUT2D eigenvalue weighted by Gasteiger charge is -2.35. The molecule has 0 amide bonds. The van der Waals surface area contributed by atoms with Crippen LogP contribution in [0.4, 0.5) is 0 Å². The van der Waals surface area contributed by atoms with Crippen LogP contribution in [0.15, 0.2) is 22.2 Å². The van der Waals surface area contributed by atoms with Crippen molar-refractivity contribution in [1.29, 1.82) is 0 Å². The Morgan fingerprint density at radius 1 is 1.41 bits per heavy atom. The van der Waals surface area contributed by atoms with Crippen LogP contribution >= 0.6 is 27.7 Å². The van der Waals surface area contributed by atoms with Crippen molar-refractivity contribution in [2.45, 2.75) is 37.3 Å². The van der Waals surface area contributed by atoms with E-state index in [4.69, 9.17) is 0 Å². The fourth-order valence-electron chi connectivity index (χ4n) is 2.27. The number of nitrogens with zero attached hydrogens (tertiary/aromatic N) is 1. The molecule has 94 valence electrons. The van der Waals surface area contributed by atoms with Gasteiger partial charge in [0.25, 0.3) is 5.56 Å². The molecule has 1 aromatic rings. The molecule has 0 aromatic carbocycles. The zero-order valence-corrected chi connectivity index (χ0v) is 12.1. The van der Waals surface area contributed by atoms with Gasteiger partial charge in [-0.05, 0) is 18.3 Å². The maximum atomic E-state index is 11.2. The Balaban J connectivity index is 1.98. The average molecular weight is 317 g/mol. The highest BCUT2D eigenvalue weighted by Crippen LogP contribution is 2.41. The number of alkyl halides is 1.